The number of carbonyl (C=O) groups is 1. The van der Waals surface area contributed by atoms with Gasteiger partial charge in [-0.15, -0.1) is 0 Å². The summed E-state index contributed by atoms with van der Waals surface area (Å²) in [4.78, 5) is 11.5. The van der Waals surface area contributed by atoms with E-state index in [1.54, 1.807) is 0 Å². The van der Waals surface area contributed by atoms with Crippen LogP contribution in [0.2, 0.25) is 0 Å². The summed E-state index contributed by atoms with van der Waals surface area (Å²) in [5, 5.41) is 11.6. The van der Waals surface area contributed by atoms with Gasteiger partial charge in [0.05, 0.1) is 0 Å². The smallest absolute Gasteiger partial charge is 0.222 e. The van der Waals surface area contributed by atoms with Crippen LogP contribution in [0.5, 0.6) is 0 Å². The van der Waals surface area contributed by atoms with Gasteiger partial charge in [-0.25, -0.2) is 0 Å². The van der Waals surface area contributed by atoms with Gasteiger partial charge in [-0.05, 0) is 34.1 Å². The van der Waals surface area contributed by atoms with Crippen molar-refractivity contribution in [1.29, 1.82) is 0 Å². The quantitative estimate of drug-likeness (QED) is 0.603. The molecule has 0 bridgehead atoms. The van der Waals surface area contributed by atoms with E-state index in [9.17, 15) is 4.79 Å². The third-order valence-corrected chi connectivity index (χ3v) is 1.83. The number of amides is 1. The molecule has 0 aliphatic heterocycles. The Balaban J connectivity index is 4.06. The molecule has 0 aliphatic carbocycles. The zero-order chi connectivity index (χ0) is 11.4. The van der Waals surface area contributed by atoms with Crippen molar-refractivity contribution in [2.24, 2.45) is 5.73 Å². The monoisotopic (exact) mass is 202 g/mol. The van der Waals surface area contributed by atoms with Crippen molar-refractivity contribution in [2.75, 3.05) is 6.61 Å². The number of nitrogens with one attached hydrogen (secondary N) is 1. The van der Waals surface area contributed by atoms with Gasteiger partial charge in [0.15, 0.2) is 0 Å². The van der Waals surface area contributed by atoms with E-state index in [4.69, 9.17) is 10.8 Å². The summed E-state index contributed by atoms with van der Waals surface area (Å²) in [6.45, 7) is 7.45. The fourth-order valence-electron chi connectivity index (χ4n) is 1.18. The summed E-state index contributed by atoms with van der Waals surface area (Å²) in [5.41, 5.74) is 4.87. The lowest BCUT2D eigenvalue weighted by Crippen LogP contribution is -2.47. The highest BCUT2D eigenvalue weighted by Crippen LogP contribution is 2.10. The minimum atomic E-state index is -0.487. The van der Waals surface area contributed by atoms with E-state index in [0.29, 0.717) is 12.8 Å². The second-order valence-corrected chi connectivity index (χ2v) is 5.07. The third-order valence-electron chi connectivity index (χ3n) is 1.83. The Labute approximate surface area is 85.9 Å². The van der Waals surface area contributed by atoms with Gasteiger partial charge in [-0.1, -0.05) is 0 Å². The molecule has 0 aromatic carbocycles. The highest BCUT2D eigenvalue weighted by Gasteiger charge is 2.23. The number of nitrogens with two attached hydrogens (primary N) is 1. The van der Waals surface area contributed by atoms with Crippen LogP contribution in [-0.4, -0.2) is 28.7 Å². The molecule has 0 radical (unpaired) electrons. The van der Waals surface area contributed by atoms with Gasteiger partial charge in [-0.3, -0.25) is 4.79 Å². The van der Waals surface area contributed by atoms with Crippen molar-refractivity contribution < 1.29 is 9.90 Å². The molecule has 0 fully saturated rings. The molecule has 4 N–H and O–H groups in total. The second-order valence-electron chi connectivity index (χ2n) is 5.07. The first-order chi connectivity index (χ1) is 6.16. The molecule has 14 heavy (non-hydrogen) atoms. The first kappa shape index (κ1) is 13.4. The number of aliphatic hydroxyl groups excluding tert-OH is 1. The highest BCUT2D eigenvalue weighted by atomic mass is 16.3. The zero-order valence-electron chi connectivity index (χ0n) is 9.55. The fraction of sp³-hybridized carbons (Fsp3) is 0.900. The van der Waals surface area contributed by atoms with Gasteiger partial charge >= 0.3 is 0 Å². The lowest BCUT2D eigenvalue weighted by Gasteiger charge is -2.27. The summed E-state index contributed by atoms with van der Waals surface area (Å²) < 4.78 is 0. The van der Waals surface area contributed by atoms with Gasteiger partial charge in [-0.2, -0.15) is 0 Å². The molecular formula is C10H22N2O2. The molecule has 0 rings (SSSR count). The van der Waals surface area contributed by atoms with Crippen molar-refractivity contribution >= 4 is 5.91 Å². The van der Waals surface area contributed by atoms with Gasteiger partial charge < -0.3 is 16.2 Å². The molecule has 84 valence electrons. The molecule has 0 spiro atoms. The molecule has 4 heteroatoms. The minimum absolute atomic E-state index is 0.0687. The van der Waals surface area contributed by atoms with E-state index in [1.165, 1.54) is 0 Å². The summed E-state index contributed by atoms with van der Waals surface area (Å²) in [7, 11) is 0. The van der Waals surface area contributed by atoms with Gasteiger partial charge in [0, 0.05) is 24.1 Å². The predicted molar refractivity (Wildman–Crippen MR) is 56.8 cm³/mol. The maximum atomic E-state index is 11.5. The van der Waals surface area contributed by atoms with Gasteiger partial charge in [0.2, 0.25) is 5.91 Å². The van der Waals surface area contributed by atoms with Crippen LogP contribution in [0.25, 0.3) is 0 Å². The Bertz CT molecular complexity index is 195. The van der Waals surface area contributed by atoms with E-state index in [2.05, 4.69) is 5.32 Å². The average Bonchev–Trinajstić information content (AvgIpc) is 1.78. The van der Waals surface area contributed by atoms with Gasteiger partial charge in [0.25, 0.3) is 0 Å². The van der Waals surface area contributed by atoms with E-state index in [0.717, 1.165) is 0 Å². The molecule has 0 atom stereocenters. The summed E-state index contributed by atoms with van der Waals surface area (Å²) in [6.07, 6.45) is 0.839. The topological polar surface area (TPSA) is 75.4 Å². The van der Waals surface area contributed by atoms with Crippen LogP contribution < -0.4 is 11.1 Å². The maximum Gasteiger partial charge on any atom is 0.222 e. The zero-order valence-corrected chi connectivity index (χ0v) is 9.55. The Hall–Kier alpha value is -0.610. The van der Waals surface area contributed by atoms with E-state index >= 15 is 0 Å². The third kappa shape index (κ3) is 6.86. The second kappa shape index (κ2) is 4.75. The number of carbonyl (C=O) groups excluding carboxylic acids is 1. The molecule has 0 heterocycles. The summed E-state index contributed by atoms with van der Waals surface area (Å²) in [5.74, 6) is -0.0732. The molecule has 4 nitrogen and oxygen atoms in total. The van der Waals surface area contributed by atoms with Crippen molar-refractivity contribution in [3.63, 3.8) is 0 Å². The minimum Gasteiger partial charge on any atom is -0.396 e. The first-order valence-electron chi connectivity index (χ1n) is 4.87. The summed E-state index contributed by atoms with van der Waals surface area (Å²) in [6, 6.07) is 0. The Morgan fingerprint density at radius 2 is 1.86 bits per heavy atom. The average molecular weight is 202 g/mol. The highest BCUT2D eigenvalue weighted by molar-refractivity contribution is 5.77. The van der Waals surface area contributed by atoms with E-state index in [1.807, 2.05) is 27.7 Å². The molecule has 1 amide bonds. The van der Waals surface area contributed by atoms with Gasteiger partial charge in [0.1, 0.15) is 0 Å². The largest absolute Gasteiger partial charge is 0.396 e. The van der Waals surface area contributed by atoms with E-state index in [-0.39, 0.29) is 18.1 Å². The first-order valence-corrected chi connectivity index (χ1v) is 4.87. The van der Waals surface area contributed by atoms with Crippen LogP contribution in [-0.2, 0) is 4.79 Å². The van der Waals surface area contributed by atoms with Crippen LogP contribution in [0.1, 0.15) is 40.5 Å². The van der Waals surface area contributed by atoms with Crippen molar-refractivity contribution in [1.82, 2.24) is 5.32 Å². The van der Waals surface area contributed by atoms with Crippen LogP contribution in [0.15, 0.2) is 0 Å². The standard InChI is InChI=1S/C10H22N2O2/c1-9(2,11)7-8(14)12-10(3,4)5-6-13/h13H,5-7,11H2,1-4H3,(H,12,14). The predicted octanol–water partition coefficient (Wildman–Crippen LogP) is 0.391. The fourth-order valence-corrected chi connectivity index (χ4v) is 1.18. The lowest BCUT2D eigenvalue weighted by atomic mass is 9.98. The van der Waals surface area contributed by atoms with Crippen molar-refractivity contribution in [2.45, 2.75) is 51.6 Å². The van der Waals surface area contributed by atoms with E-state index < -0.39 is 5.54 Å². The molecule has 0 aliphatic rings. The Kier molecular flexibility index (Phi) is 4.55. The lowest BCUT2D eigenvalue weighted by molar-refractivity contribution is -0.123. The molecule has 0 aromatic heterocycles. The molecule has 0 unspecified atom stereocenters. The number of hydrogen-bond donors (Lipinski definition) is 3. The van der Waals surface area contributed by atoms with Crippen LogP contribution >= 0.6 is 0 Å². The molecule has 0 aromatic rings. The Morgan fingerprint density at radius 1 is 1.36 bits per heavy atom. The number of rotatable bonds is 5. The van der Waals surface area contributed by atoms with Crippen molar-refractivity contribution in [3.8, 4) is 0 Å². The normalized spacial score (nSPS) is 12.7. The molecule has 0 saturated heterocycles. The molecule has 0 saturated carbocycles. The summed E-state index contributed by atoms with van der Waals surface area (Å²) >= 11 is 0. The SMILES string of the molecule is CC(C)(N)CC(=O)NC(C)(C)CCO. The Morgan fingerprint density at radius 3 is 2.21 bits per heavy atom. The maximum absolute atomic E-state index is 11.5. The molecular weight excluding hydrogens is 180 g/mol. The number of hydrogen-bond acceptors (Lipinski definition) is 3. The number of aliphatic hydroxyl groups is 1. The van der Waals surface area contributed by atoms with Crippen molar-refractivity contribution in [3.05, 3.63) is 0 Å². The van der Waals surface area contributed by atoms with Crippen LogP contribution in [0.3, 0.4) is 0 Å². The van der Waals surface area contributed by atoms with Crippen LogP contribution in [0, 0.1) is 0 Å². The van der Waals surface area contributed by atoms with Crippen LogP contribution in [0.4, 0.5) is 0 Å².